The van der Waals surface area contributed by atoms with Gasteiger partial charge in [-0.05, 0) is 24.1 Å². The van der Waals surface area contributed by atoms with Crippen LogP contribution >= 0.6 is 0 Å². The molecule has 1 rings (SSSR count). The minimum atomic E-state index is -0.0403. The molecule has 4 heteroatoms. The molecule has 4 nitrogen and oxygen atoms in total. The molecule has 1 N–H and O–H groups in total. The van der Waals surface area contributed by atoms with Crippen LogP contribution in [0.25, 0.3) is 6.08 Å². The average molecular weight is 247 g/mol. The molecule has 0 saturated carbocycles. The van der Waals surface area contributed by atoms with Gasteiger partial charge in [0.2, 0.25) is 5.91 Å². The lowest BCUT2D eigenvalue weighted by Gasteiger charge is -2.03. The summed E-state index contributed by atoms with van der Waals surface area (Å²) in [6.07, 6.45) is 5.32. The van der Waals surface area contributed by atoms with Gasteiger partial charge in [-0.2, -0.15) is 0 Å². The van der Waals surface area contributed by atoms with E-state index in [0.717, 1.165) is 18.3 Å². The molecular weight excluding hydrogens is 230 g/mol. The molecule has 96 valence electrons. The van der Waals surface area contributed by atoms with Crippen molar-refractivity contribution < 1.29 is 14.3 Å². The number of rotatable bonds is 6. The first-order valence-electron chi connectivity index (χ1n) is 5.71. The summed E-state index contributed by atoms with van der Waals surface area (Å²) in [4.78, 5) is 21.6. The van der Waals surface area contributed by atoms with E-state index in [2.05, 4.69) is 5.32 Å². The molecule has 0 spiro atoms. The van der Waals surface area contributed by atoms with E-state index in [1.54, 1.807) is 19.2 Å². The number of amides is 1. The highest BCUT2D eigenvalue weighted by molar-refractivity contribution is 5.82. The Kier molecular flexibility index (Phi) is 5.64. The van der Waals surface area contributed by atoms with Crippen molar-refractivity contribution in [1.82, 2.24) is 5.32 Å². The topological polar surface area (TPSA) is 55.4 Å². The Bertz CT molecular complexity index is 452. The standard InChI is InChI=1S/C14H17NO3/c1-11(17)15-8-4-3-5-12-6-7-14(18-2)9-13(12)10-16/h3,5-7,9-10H,4,8H2,1-2H3,(H,15,17). The van der Waals surface area contributed by atoms with Gasteiger partial charge in [0, 0.05) is 19.0 Å². The Balaban J connectivity index is 2.63. The summed E-state index contributed by atoms with van der Waals surface area (Å²) < 4.78 is 5.05. The van der Waals surface area contributed by atoms with Gasteiger partial charge in [-0.1, -0.05) is 18.2 Å². The first-order chi connectivity index (χ1) is 8.67. The van der Waals surface area contributed by atoms with E-state index in [1.807, 2.05) is 18.2 Å². The highest BCUT2D eigenvalue weighted by Crippen LogP contribution is 2.17. The van der Waals surface area contributed by atoms with Crippen molar-refractivity contribution in [2.24, 2.45) is 0 Å². The summed E-state index contributed by atoms with van der Waals surface area (Å²) in [5.41, 5.74) is 1.43. The molecule has 0 aliphatic rings. The van der Waals surface area contributed by atoms with Crippen LogP contribution in [0.5, 0.6) is 5.75 Å². The summed E-state index contributed by atoms with van der Waals surface area (Å²) in [5, 5.41) is 2.70. The van der Waals surface area contributed by atoms with Crippen molar-refractivity contribution in [3.05, 3.63) is 35.4 Å². The van der Waals surface area contributed by atoms with Crippen LogP contribution in [0.4, 0.5) is 0 Å². The van der Waals surface area contributed by atoms with Crippen LogP contribution in [0.2, 0.25) is 0 Å². The molecule has 0 aliphatic carbocycles. The van der Waals surface area contributed by atoms with E-state index in [1.165, 1.54) is 6.92 Å². The minimum absolute atomic E-state index is 0.0403. The van der Waals surface area contributed by atoms with Crippen LogP contribution in [0.15, 0.2) is 24.3 Å². The van der Waals surface area contributed by atoms with Crippen LogP contribution in [0, 0.1) is 0 Å². The van der Waals surface area contributed by atoms with Gasteiger partial charge in [0.05, 0.1) is 7.11 Å². The Morgan fingerprint density at radius 2 is 2.17 bits per heavy atom. The van der Waals surface area contributed by atoms with Gasteiger partial charge in [-0.25, -0.2) is 0 Å². The molecule has 0 radical (unpaired) electrons. The predicted octanol–water partition coefficient (Wildman–Crippen LogP) is 2.05. The van der Waals surface area contributed by atoms with Gasteiger partial charge in [0.1, 0.15) is 5.75 Å². The number of hydrogen-bond acceptors (Lipinski definition) is 3. The third-order valence-electron chi connectivity index (χ3n) is 2.40. The van der Waals surface area contributed by atoms with Crippen molar-refractivity contribution in [2.75, 3.05) is 13.7 Å². The summed E-state index contributed by atoms with van der Waals surface area (Å²) in [5.74, 6) is 0.619. The number of ether oxygens (including phenoxy) is 1. The summed E-state index contributed by atoms with van der Waals surface area (Å²) >= 11 is 0. The summed E-state index contributed by atoms with van der Waals surface area (Å²) in [6, 6.07) is 5.33. The molecule has 18 heavy (non-hydrogen) atoms. The number of carbonyl (C=O) groups excluding carboxylic acids is 2. The number of carbonyl (C=O) groups is 2. The minimum Gasteiger partial charge on any atom is -0.497 e. The Hall–Kier alpha value is -2.10. The number of nitrogens with one attached hydrogen (secondary N) is 1. The van der Waals surface area contributed by atoms with Crippen LogP contribution in [-0.2, 0) is 4.79 Å². The highest BCUT2D eigenvalue weighted by Gasteiger charge is 2.00. The quantitative estimate of drug-likeness (QED) is 0.618. The zero-order valence-corrected chi connectivity index (χ0v) is 10.6. The largest absolute Gasteiger partial charge is 0.497 e. The molecule has 0 unspecified atom stereocenters. The lowest BCUT2D eigenvalue weighted by atomic mass is 10.1. The second-order valence-corrected chi connectivity index (χ2v) is 3.79. The molecule has 0 aliphatic heterocycles. The fraction of sp³-hybridized carbons (Fsp3) is 0.286. The second-order valence-electron chi connectivity index (χ2n) is 3.79. The lowest BCUT2D eigenvalue weighted by Crippen LogP contribution is -2.20. The maximum atomic E-state index is 10.9. The van der Waals surface area contributed by atoms with E-state index in [9.17, 15) is 9.59 Å². The molecule has 0 fully saturated rings. The zero-order chi connectivity index (χ0) is 13.4. The van der Waals surface area contributed by atoms with E-state index in [0.29, 0.717) is 17.9 Å². The van der Waals surface area contributed by atoms with Crippen molar-refractivity contribution in [1.29, 1.82) is 0 Å². The van der Waals surface area contributed by atoms with E-state index < -0.39 is 0 Å². The van der Waals surface area contributed by atoms with Gasteiger partial charge in [-0.15, -0.1) is 0 Å². The lowest BCUT2D eigenvalue weighted by molar-refractivity contribution is -0.118. The Morgan fingerprint density at radius 1 is 1.39 bits per heavy atom. The van der Waals surface area contributed by atoms with Crippen molar-refractivity contribution in [2.45, 2.75) is 13.3 Å². The van der Waals surface area contributed by atoms with Gasteiger partial charge in [0.15, 0.2) is 6.29 Å². The van der Waals surface area contributed by atoms with Gasteiger partial charge in [-0.3, -0.25) is 9.59 Å². The number of hydrogen-bond donors (Lipinski definition) is 1. The first-order valence-corrected chi connectivity index (χ1v) is 5.71. The SMILES string of the molecule is COc1ccc(C=CCCNC(C)=O)c(C=O)c1. The normalized spacial score (nSPS) is 10.3. The van der Waals surface area contributed by atoms with Gasteiger partial charge < -0.3 is 10.1 Å². The van der Waals surface area contributed by atoms with Gasteiger partial charge in [0.25, 0.3) is 0 Å². The monoisotopic (exact) mass is 247 g/mol. The number of aldehydes is 1. The molecule has 1 aromatic rings. The maximum absolute atomic E-state index is 10.9. The van der Waals surface area contributed by atoms with Crippen LogP contribution in [0.1, 0.15) is 29.3 Å². The second kappa shape index (κ2) is 7.27. The van der Waals surface area contributed by atoms with Crippen LogP contribution < -0.4 is 10.1 Å². The van der Waals surface area contributed by atoms with E-state index in [-0.39, 0.29) is 5.91 Å². The van der Waals surface area contributed by atoms with Crippen molar-refractivity contribution in [3.8, 4) is 5.75 Å². The van der Waals surface area contributed by atoms with Crippen molar-refractivity contribution >= 4 is 18.3 Å². The molecule has 0 heterocycles. The molecule has 0 aromatic heterocycles. The fourth-order valence-corrected chi connectivity index (χ4v) is 1.48. The van der Waals surface area contributed by atoms with Crippen LogP contribution in [-0.4, -0.2) is 25.8 Å². The van der Waals surface area contributed by atoms with Gasteiger partial charge >= 0.3 is 0 Å². The molecule has 0 saturated heterocycles. The van der Waals surface area contributed by atoms with E-state index >= 15 is 0 Å². The Morgan fingerprint density at radius 3 is 2.78 bits per heavy atom. The summed E-state index contributed by atoms with van der Waals surface area (Å²) in [7, 11) is 1.56. The third-order valence-corrected chi connectivity index (χ3v) is 2.40. The summed E-state index contributed by atoms with van der Waals surface area (Å²) in [6.45, 7) is 2.08. The predicted molar refractivity (Wildman–Crippen MR) is 70.7 cm³/mol. The third kappa shape index (κ3) is 4.41. The number of methoxy groups -OCH3 is 1. The fourth-order valence-electron chi connectivity index (χ4n) is 1.48. The van der Waals surface area contributed by atoms with E-state index in [4.69, 9.17) is 4.74 Å². The smallest absolute Gasteiger partial charge is 0.216 e. The Labute approximate surface area is 107 Å². The molecular formula is C14H17NO3. The van der Waals surface area contributed by atoms with Crippen LogP contribution in [0.3, 0.4) is 0 Å². The molecule has 0 bridgehead atoms. The zero-order valence-electron chi connectivity index (χ0n) is 10.6. The number of benzene rings is 1. The van der Waals surface area contributed by atoms with Crippen molar-refractivity contribution in [3.63, 3.8) is 0 Å². The highest BCUT2D eigenvalue weighted by atomic mass is 16.5. The molecule has 0 atom stereocenters. The maximum Gasteiger partial charge on any atom is 0.216 e. The molecule has 1 amide bonds. The molecule has 1 aromatic carbocycles. The first kappa shape index (κ1) is 14.0. The average Bonchev–Trinajstić information content (AvgIpc) is 2.38.